The molecule has 3 rings (SSSR count). The van der Waals surface area contributed by atoms with Crippen molar-refractivity contribution in [3.05, 3.63) is 89.4 Å². The van der Waals surface area contributed by atoms with Crippen LogP contribution >= 0.6 is 0 Å². The zero-order valence-corrected chi connectivity index (χ0v) is 18.4. The second kappa shape index (κ2) is 10.6. The van der Waals surface area contributed by atoms with Crippen LogP contribution in [0, 0.1) is 6.92 Å². The fourth-order valence-corrected chi connectivity index (χ4v) is 3.84. The van der Waals surface area contributed by atoms with Crippen LogP contribution in [0.15, 0.2) is 76.2 Å². The van der Waals surface area contributed by atoms with Gasteiger partial charge in [-0.1, -0.05) is 36.4 Å². The van der Waals surface area contributed by atoms with Gasteiger partial charge in [-0.25, -0.2) is 13.1 Å². The van der Waals surface area contributed by atoms with Gasteiger partial charge in [-0.3, -0.25) is 25.2 Å². The molecule has 0 aliphatic rings. The van der Waals surface area contributed by atoms with Gasteiger partial charge >= 0.3 is 0 Å². The molecule has 10 nitrogen and oxygen atoms in total. The van der Waals surface area contributed by atoms with Gasteiger partial charge in [0.05, 0.1) is 23.3 Å². The molecule has 0 radical (unpaired) electrons. The topological polar surface area (TPSA) is 147 Å². The molecule has 0 aliphatic heterocycles. The number of furan rings is 1. The van der Waals surface area contributed by atoms with Crippen LogP contribution < -0.4 is 20.9 Å². The number of carbonyl (C=O) groups is 3. The first kappa shape index (κ1) is 23.7. The highest BCUT2D eigenvalue weighted by Gasteiger charge is 2.17. The van der Waals surface area contributed by atoms with E-state index < -0.39 is 27.7 Å². The lowest BCUT2D eigenvalue weighted by atomic mass is 10.2. The number of sulfonamides is 1. The lowest BCUT2D eigenvalue weighted by Gasteiger charge is -2.10. The summed E-state index contributed by atoms with van der Waals surface area (Å²) in [5.41, 5.74) is 5.45. The summed E-state index contributed by atoms with van der Waals surface area (Å²) < 4.78 is 32.6. The maximum Gasteiger partial charge on any atom is 0.269 e. The van der Waals surface area contributed by atoms with E-state index in [2.05, 4.69) is 20.9 Å². The van der Waals surface area contributed by atoms with Gasteiger partial charge in [0.2, 0.25) is 10.0 Å². The van der Waals surface area contributed by atoms with Gasteiger partial charge in [-0.2, -0.15) is 0 Å². The number of hydrogen-bond acceptors (Lipinski definition) is 6. The van der Waals surface area contributed by atoms with Crippen molar-refractivity contribution >= 4 is 27.7 Å². The van der Waals surface area contributed by atoms with E-state index >= 15 is 0 Å². The molecule has 0 atom stereocenters. The van der Waals surface area contributed by atoms with Crippen molar-refractivity contribution in [2.75, 3.05) is 6.54 Å². The fourth-order valence-electron chi connectivity index (χ4n) is 2.78. The minimum Gasteiger partial charge on any atom is -0.469 e. The third-order valence-corrected chi connectivity index (χ3v) is 5.94. The first-order chi connectivity index (χ1) is 15.8. The Kier molecular flexibility index (Phi) is 7.59. The second-order valence-corrected chi connectivity index (χ2v) is 8.68. The van der Waals surface area contributed by atoms with Crippen LogP contribution in [0.25, 0.3) is 0 Å². The predicted molar refractivity (Wildman–Crippen MR) is 118 cm³/mol. The number of benzene rings is 2. The lowest BCUT2D eigenvalue weighted by molar-refractivity contribution is -0.120. The fraction of sp³-hybridized carbons (Fsp3) is 0.136. The van der Waals surface area contributed by atoms with E-state index in [0.717, 1.165) is 5.56 Å². The Labute approximate surface area is 190 Å². The van der Waals surface area contributed by atoms with Crippen molar-refractivity contribution in [3.8, 4) is 0 Å². The molecule has 0 unspecified atom stereocenters. The standard InChI is InChI=1S/C22H22N4O6S/c1-15-19(10-11-32-15)22(29)23-14-20(27)25-26-21(28)17-8-5-9-18(12-17)33(30,31)24-13-16-6-3-2-4-7-16/h2-12,24H,13-14H2,1H3,(H,23,29)(H,25,27)(H,26,28). The Hall–Kier alpha value is -3.96. The Morgan fingerprint density at radius 3 is 2.36 bits per heavy atom. The van der Waals surface area contributed by atoms with Crippen LogP contribution in [0.4, 0.5) is 0 Å². The summed E-state index contributed by atoms with van der Waals surface area (Å²) in [5.74, 6) is -1.48. The number of hydrogen-bond donors (Lipinski definition) is 4. The number of nitrogens with one attached hydrogen (secondary N) is 4. The zero-order valence-electron chi connectivity index (χ0n) is 17.6. The van der Waals surface area contributed by atoms with Gasteiger partial charge < -0.3 is 9.73 Å². The third kappa shape index (κ3) is 6.51. The molecule has 3 aromatic rings. The lowest BCUT2D eigenvalue weighted by Crippen LogP contribution is -2.46. The molecule has 4 N–H and O–H groups in total. The van der Waals surface area contributed by atoms with Gasteiger partial charge in [-0.15, -0.1) is 0 Å². The molecule has 2 aromatic carbocycles. The molecule has 11 heteroatoms. The van der Waals surface area contributed by atoms with Gasteiger partial charge in [0.15, 0.2) is 0 Å². The minimum atomic E-state index is -3.86. The quantitative estimate of drug-likeness (QED) is 0.365. The molecule has 0 saturated carbocycles. The van der Waals surface area contributed by atoms with Crippen LogP contribution in [0.3, 0.4) is 0 Å². The molecule has 1 heterocycles. The van der Waals surface area contributed by atoms with Crippen LogP contribution in [0.2, 0.25) is 0 Å². The van der Waals surface area contributed by atoms with Gasteiger partial charge in [-0.05, 0) is 36.8 Å². The summed E-state index contributed by atoms with van der Waals surface area (Å²) in [4.78, 5) is 36.1. The van der Waals surface area contributed by atoms with E-state index in [1.165, 1.54) is 36.6 Å². The SMILES string of the molecule is Cc1occc1C(=O)NCC(=O)NNC(=O)c1cccc(S(=O)(=O)NCc2ccccc2)c1. The van der Waals surface area contributed by atoms with Crippen molar-refractivity contribution in [1.29, 1.82) is 0 Å². The van der Waals surface area contributed by atoms with Crippen LogP contribution in [-0.4, -0.2) is 32.7 Å². The number of aryl methyl sites for hydroxylation is 1. The highest BCUT2D eigenvalue weighted by Crippen LogP contribution is 2.12. The summed E-state index contributed by atoms with van der Waals surface area (Å²) >= 11 is 0. The molecule has 172 valence electrons. The van der Waals surface area contributed by atoms with Crippen molar-refractivity contribution in [3.63, 3.8) is 0 Å². The number of amides is 3. The molecule has 0 fully saturated rings. The Morgan fingerprint density at radius 2 is 1.67 bits per heavy atom. The van der Waals surface area contributed by atoms with E-state index in [9.17, 15) is 22.8 Å². The molecule has 3 amide bonds. The maximum atomic E-state index is 12.6. The number of hydrazine groups is 1. The molecule has 33 heavy (non-hydrogen) atoms. The Balaban J connectivity index is 1.53. The van der Waals surface area contributed by atoms with E-state index in [1.54, 1.807) is 31.2 Å². The van der Waals surface area contributed by atoms with Crippen molar-refractivity contribution in [2.24, 2.45) is 0 Å². The third-order valence-electron chi connectivity index (χ3n) is 4.54. The van der Waals surface area contributed by atoms with Crippen LogP contribution in [-0.2, 0) is 21.4 Å². The zero-order chi connectivity index (χ0) is 23.8. The second-order valence-electron chi connectivity index (χ2n) is 6.91. The normalized spacial score (nSPS) is 10.9. The minimum absolute atomic E-state index is 0.0240. The van der Waals surface area contributed by atoms with Gasteiger partial charge in [0.1, 0.15) is 5.76 Å². The van der Waals surface area contributed by atoms with Crippen molar-refractivity contribution < 1.29 is 27.2 Å². The Bertz CT molecular complexity index is 1250. The molecule has 1 aromatic heterocycles. The van der Waals surface area contributed by atoms with E-state index in [-0.39, 0.29) is 23.5 Å². The summed E-state index contributed by atoms with van der Waals surface area (Å²) in [6.45, 7) is 1.32. The maximum absolute atomic E-state index is 12.6. The summed E-state index contributed by atoms with van der Waals surface area (Å²) in [5, 5.41) is 2.40. The molecular weight excluding hydrogens is 448 g/mol. The van der Waals surface area contributed by atoms with Crippen molar-refractivity contribution in [1.82, 2.24) is 20.9 Å². The van der Waals surface area contributed by atoms with E-state index in [0.29, 0.717) is 11.3 Å². The highest BCUT2D eigenvalue weighted by atomic mass is 32.2. The molecule has 0 spiro atoms. The highest BCUT2D eigenvalue weighted by molar-refractivity contribution is 7.89. The summed E-state index contributed by atoms with van der Waals surface area (Å²) in [7, 11) is -3.86. The van der Waals surface area contributed by atoms with Gasteiger partial charge in [0, 0.05) is 12.1 Å². The van der Waals surface area contributed by atoms with Crippen LogP contribution in [0.1, 0.15) is 32.0 Å². The van der Waals surface area contributed by atoms with Crippen molar-refractivity contribution in [2.45, 2.75) is 18.4 Å². The smallest absolute Gasteiger partial charge is 0.269 e. The summed E-state index contributed by atoms with van der Waals surface area (Å²) in [6, 6.07) is 15.8. The number of rotatable bonds is 8. The predicted octanol–water partition coefficient (Wildman–Crippen LogP) is 1.26. The van der Waals surface area contributed by atoms with Crippen LogP contribution in [0.5, 0.6) is 0 Å². The molecule has 0 aliphatic carbocycles. The monoisotopic (exact) mass is 470 g/mol. The van der Waals surface area contributed by atoms with E-state index in [1.807, 2.05) is 6.07 Å². The molecular formula is C22H22N4O6S. The first-order valence-electron chi connectivity index (χ1n) is 9.81. The first-order valence-corrected chi connectivity index (χ1v) is 11.3. The average Bonchev–Trinajstić information content (AvgIpc) is 3.26. The van der Waals surface area contributed by atoms with Gasteiger partial charge in [0.25, 0.3) is 17.7 Å². The summed E-state index contributed by atoms with van der Waals surface area (Å²) in [6.07, 6.45) is 1.36. The molecule has 0 bridgehead atoms. The largest absolute Gasteiger partial charge is 0.469 e. The molecule has 0 saturated heterocycles. The number of carbonyl (C=O) groups excluding carboxylic acids is 3. The average molecular weight is 471 g/mol. The van der Waals surface area contributed by atoms with E-state index in [4.69, 9.17) is 4.42 Å². The Morgan fingerprint density at radius 1 is 0.909 bits per heavy atom.